The lowest BCUT2D eigenvalue weighted by Gasteiger charge is -2.34. The quantitative estimate of drug-likeness (QED) is 0.0163. The molecular weight excluding hydrogens is 1870 g/mol. The molecule has 143 heavy (non-hydrogen) atoms. The predicted molar refractivity (Wildman–Crippen MR) is 515 cm³/mol. The number of tetrazole rings is 1. The number of benzene rings is 4. The molecule has 10 atom stereocenters. The lowest BCUT2D eigenvalue weighted by molar-refractivity contribution is -0.143. The van der Waals surface area contributed by atoms with Crippen molar-refractivity contribution in [1.29, 1.82) is 0 Å². The third-order valence-corrected chi connectivity index (χ3v) is 22.4. The topological polar surface area (TPSA) is 641 Å². The Morgan fingerprint density at radius 3 is 1.73 bits per heavy atom. The maximum absolute atomic E-state index is 15.6. The van der Waals surface area contributed by atoms with Gasteiger partial charge in [-0.3, -0.25) is 62.2 Å². The van der Waals surface area contributed by atoms with Gasteiger partial charge in [0.25, 0.3) is 0 Å². The van der Waals surface area contributed by atoms with E-state index in [4.69, 9.17) is 48.4 Å². The molecule has 786 valence electrons. The fraction of sp³-hybridized carbons (Fsp3) is 0.562. The van der Waals surface area contributed by atoms with E-state index >= 15 is 4.39 Å². The first-order chi connectivity index (χ1) is 68.6. The molecule has 11 amide bonds. The number of rotatable bonds is 73. The number of carboxylic acids is 1. The SMILES string of the molecule is CCNCCOCCOCCOCCOCCOCCOCCOCCOCc1cn(CCCCOc2ccc(-c3ccc(C[C@H](NC(=O)[C@H](CC(=O)O)NC(=O)[C@H](CO)NC(=O)[C@@H](NC(=O)[C@](C)(Cc4ccccc4F)NC(=O)[C@@H](NC(=O)CNC(=O)[C@H](Cc4nn[nH]n4)NC(=O)C(C)(C)C(=O)NCCc4cnc[nH]4)[C@@H](C)O)[C@@H](C)O)C(=O)N[C@@H](CCCc4cc(C)cc(C)c4)C(N)=O)cc3)c(CC)c2)nn1. The number of aliphatic hydroxyl groups is 3. The number of nitrogens with zero attached hydrogens (tertiary/aromatic N) is 7. The highest BCUT2D eigenvalue weighted by atomic mass is 19.1. The van der Waals surface area contributed by atoms with Gasteiger partial charge in [0.05, 0.1) is 157 Å². The highest BCUT2D eigenvalue weighted by molar-refractivity contribution is 6.06. The fourth-order valence-electron chi connectivity index (χ4n) is 14.5. The lowest BCUT2D eigenvalue weighted by atomic mass is 9.90. The minimum atomic E-state index is -2.42. The van der Waals surface area contributed by atoms with E-state index < -0.39 is 175 Å². The van der Waals surface area contributed by atoms with Crippen LogP contribution in [0.3, 0.4) is 0 Å². The van der Waals surface area contributed by atoms with E-state index in [2.05, 4.69) is 106 Å². The molecule has 0 bridgehead atoms. The van der Waals surface area contributed by atoms with Gasteiger partial charge in [-0.15, -0.1) is 15.3 Å². The van der Waals surface area contributed by atoms with E-state index in [0.29, 0.717) is 167 Å². The summed E-state index contributed by atoms with van der Waals surface area (Å²) in [5, 5.41) is 92.0. The average Bonchev–Trinajstić information content (AvgIpc) is 1.71. The maximum Gasteiger partial charge on any atom is 0.305 e. The minimum Gasteiger partial charge on any atom is -0.494 e. The normalized spacial score (nSPS) is 13.8. The molecule has 0 spiro atoms. The monoisotopic (exact) mass is 2010 g/mol. The van der Waals surface area contributed by atoms with Crippen molar-refractivity contribution < 1.29 is 125 Å². The van der Waals surface area contributed by atoms with Crippen LogP contribution in [0, 0.1) is 25.1 Å². The molecule has 46 nitrogen and oxygen atoms in total. The zero-order valence-corrected chi connectivity index (χ0v) is 82.5. The first-order valence-corrected chi connectivity index (χ1v) is 47.7. The van der Waals surface area contributed by atoms with Crippen LogP contribution in [0.2, 0.25) is 0 Å². The number of unbranched alkanes of at least 4 members (excludes halogenated alkanes) is 1. The van der Waals surface area contributed by atoms with Gasteiger partial charge >= 0.3 is 5.97 Å². The van der Waals surface area contributed by atoms with E-state index in [9.17, 15) is 78.0 Å². The van der Waals surface area contributed by atoms with Gasteiger partial charge in [0.15, 0.2) is 5.82 Å². The highest BCUT2D eigenvalue weighted by Crippen LogP contribution is 2.30. The van der Waals surface area contributed by atoms with Crippen LogP contribution in [0.4, 0.5) is 4.39 Å². The van der Waals surface area contributed by atoms with Crippen molar-refractivity contribution in [2.45, 2.75) is 206 Å². The summed E-state index contributed by atoms with van der Waals surface area (Å²) in [6, 6.07) is 10.9. The number of aryl methyl sites for hydroxylation is 5. The molecule has 0 saturated heterocycles. The summed E-state index contributed by atoms with van der Waals surface area (Å²) in [4.78, 5) is 174. The van der Waals surface area contributed by atoms with Crippen LogP contribution in [0.1, 0.15) is 131 Å². The predicted octanol–water partition coefficient (Wildman–Crippen LogP) is -0.864. The summed E-state index contributed by atoms with van der Waals surface area (Å²) in [6.45, 7) is 21.6. The Labute approximate surface area is 829 Å². The van der Waals surface area contributed by atoms with Gasteiger partial charge in [0.1, 0.15) is 70.5 Å². The first-order valence-electron chi connectivity index (χ1n) is 47.7. The summed E-state index contributed by atoms with van der Waals surface area (Å²) < 4.78 is 68.1. The molecule has 0 unspecified atom stereocenters. The first kappa shape index (κ1) is 117. The molecule has 7 rings (SSSR count). The van der Waals surface area contributed by atoms with Gasteiger partial charge in [0.2, 0.25) is 65.0 Å². The van der Waals surface area contributed by atoms with Crippen LogP contribution in [0.15, 0.2) is 104 Å². The summed E-state index contributed by atoms with van der Waals surface area (Å²) in [5.74, 6) is -14.3. The Hall–Kier alpha value is -12.8. The third kappa shape index (κ3) is 42.7. The second-order valence-corrected chi connectivity index (χ2v) is 34.7. The number of H-pyrrole nitrogens is 2. The van der Waals surface area contributed by atoms with Crippen LogP contribution in [-0.4, -0.2) is 335 Å². The Morgan fingerprint density at radius 2 is 1.15 bits per heavy atom. The van der Waals surface area contributed by atoms with Crippen molar-refractivity contribution >= 4 is 70.9 Å². The molecule has 0 aliphatic heterocycles. The van der Waals surface area contributed by atoms with Crippen molar-refractivity contribution in [3.05, 3.63) is 160 Å². The van der Waals surface area contributed by atoms with Gasteiger partial charge in [0, 0.05) is 57.2 Å². The minimum absolute atomic E-state index is 0.0581. The second-order valence-electron chi connectivity index (χ2n) is 34.7. The lowest BCUT2D eigenvalue weighted by Crippen LogP contribution is -2.67. The van der Waals surface area contributed by atoms with Gasteiger partial charge in [-0.25, -0.2) is 9.37 Å². The molecule has 4 aromatic carbocycles. The van der Waals surface area contributed by atoms with E-state index in [1.807, 2.05) is 63.4 Å². The van der Waals surface area contributed by atoms with Crippen molar-refractivity contribution in [1.82, 2.24) is 104 Å². The van der Waals surface area contributed by atoms with Crippen LogP contribution >= 0.6 is 0 Å². The largest absolute Gasteiger partial charge is 0.494 e. The zero-order chi connectivity index (χ0) is 104. The summed E-state index contributed by atoms with van der Waals surface area (Å²) in [6.07, 6.45) is 1.85. The number of aliphatic hydroxyl groups excluding tert-OH is 3. The number of aromatic amines is 2. The van der Waals surface area contributed by atoms with Crippen LogP contribution in [0.25, 0.3) is 11.1 Å². The number of aliphatic carboxylic acids is 1. The molecule has 0 radical (unpaired) electrons. The van der Waals surface area contributed by atoms with E-state index in [1.165, 1.54) is 38.4 Å². The Morgan fingerprint density at radius 1 is 0.559 bits per heavy atom. The molecular formula is C96H140FN21O25. The fourth-order valence-corrected chi connectivity index (χ4v) is 14.5. The third-order valence-electron chi connectivity index (χ3n) is 22.4. The molecule has 47 heteroatoms. The standard InChI is InChI=1S/C96H140FN21O25/c1-10-67-51-72(143-31-15-14-30-118-57-71(112-117-118)59-142-46-45-141-44-43-140-42-41-139-40-39-138-38-37-137-36-35-136-34-33-135-32-29-99-11-2)25-26-73(67)68-23-21-65(22-24-68)50-76(87(127)104-75(85(98)125)20-16-17-66-48-61(3)47-62(4)49-66)105-88(128)78(53-82(123)124)106-89(129)79(58-119)107-90(130)83(63(5)120)110-94(134)96(9,54-69-18-12-13-19-74(69)97)111-91(131)84(64(6)121)109-81(122)56-102-86(126)77(52-80-113-115-116-114-80)108-93(133)95(7,8)92(132)101-28-27-70-55-100-60-103-70/h12-13,18-19,21-26,47-49,51,55,57,60,63-64,75-79,83-84,99,119-121H,10-11,14-17,20,27-46,50,52-54,56,58-59H2,1-9H3,(H2,98,125)(H,100,103)(H,101,132)(H,102,126)(H,104,127)(H,105,128)(H,106,129)(H,107,130)(H,108,133)(H,109,122)(H,110,134)(H,111,131)(H,123,124)(H,113,114,115,116)/t63-,64-,75+,76+,77+,78+,79+,83+,84+,96+/m1/s1. The molecule has 3 heterocycles. The number of primary amides is 1. The molecule has 0 aliphatic carbocycles. The van der Waals surface area contributed by atoms with Gasteiger partial charge in [-0.05, 0) is 145 Å². The van der Waals surface area contributed by atoms with E-state index in [1.54, 1.807) is 35.1 Å². The van der Waals surface area contributed by atoms with Crippen molar-refractivity contribution in [2.75, 3.05) is 138 Å². The van der Waals surface area contributed by atoms with Crippen LogP contribution in [0.5, 0.6) is 5.75 Å². The van der Waals surface area contributed by atoms with Crippen molar-refractivity contribution in [3.8, 4) is 16.9 Å². The Bertz CT molecular complexity index is 5080. The number of nitrogens with two attached hydrogens (primary N) is 1. The molecule has 0 saturated carbocycles. The molecule has 3 aromatic heterocycles. The molecule has 0 fully saturated rings. The molecule has 19 N–H and O–H groups in total. The number of carboxylic acid groups (broad SMARTS) is 1. The highest BCUT2D eigenvalue weighted by Gasteiger charge is 2.44. The van der Waals surface area contributed by atoms with Crippen LogP contribution < -0.4 is 69.0 Å². The average molecular weight is 2010 g/mol. The molecule has 0 aliphatic rings. The number of ether oxygens (including phenoxy) is 9. The number of nitrogens with one attached hydrogen (secondary N) is 13. The second kappa shape index (κ2) is 63.3. The number of hydrogen-bond acceptors (Lipinski definition) is 31. The number of amides is 11. The summed E-state index contributed by atoms with van der Waals surface area (Å²) >= 11 is 0. The summed E-state index contributed by atoms with van der Waals surface area (Å²) in [5.41, 5.74) is 8.91. The van der Waals surface area contributed by atoms with Crippen molar-refractivity contribution in [3.63, 3.8) is 0 Å². The number of hydrogen-bond donors (Lipinski definition) is 18. The van der Waals surface area contributed by atoms with Crippen molar-refractivity contribution in [2.24, 2.45) is 11.1 Å². The molecule has 7 aromatic rings. The van der Waals surface area contributed by atoms with Gasteiger partial charge in [-0.1, -0.05) is 102 Å². The zero-order valence-electron chi connectivity index (χ0n) is 82.5. The number of aromatic nitrogens is 9. The Balaban J connectivity index is 0.922. The van der Waals surface area contributed by atoms with Crippen LogP contribution in [-0.2, 0) is 147 Å². The Kier molecular flexibility index (Phi) is 51.8. The number of carbonyl (C=O) groups is 12. The van der Waals surface area contributed by atoms with Gasteiger partial charge in [-0.2, -0.15) is 5.21 Å². The number of likely N-dealkylation sites (N-methyl/N-ethyl adjacent to an activating group) is 1. The van der Waals surface area contributed by atoms with E-state index in [-0.39, 0.29) is 37.4 Å². The number of halogens is 1. The van der Waals surface area contributed by atoms with Gasteiger partial charge < -0.3 is 132 Å². The van der Waals surface area contributed by atoms with E-state index in [0.717, 1.165) is 79.7 Å². The summed E-state index contributed by atoms with van der Waals surface area (Å²) in [7, 11) is 0. The number of carbonyl (C=O) groups excluding carboxylic acids is 11. The smallest absolute Gasteiger partial charge is 0.305 e. The number of imidazole rings is 1. The maximum atomic E-state index is 15.6.